The molecule has 6 nitrogen and oxygen atoms in total. The van der Waals surface area contributed by atoms with E-state index in [9.17, 15) is 18.0 Å². The third-order valence-electron chi connectivity index (χ3n) is 4.67. The van der Waals surface area contributed by atoms with Crippen molar-refractivity contribution in [1.82, 2.24) is 9.62 Å². The summed E-state index contributed by atoms with van der Waals surface area (Å²) >= 11 is 0. The third kappa shape index (κ3) is 4.92. The van der Waals surface area contributed by atoms with Crippen LogP contribution in [0, 0.1) is 18.3 Å². The van der Waals surface area contributed by atoms with Crippen LogP contribution in [-0.2, 0) is 19.6 Å². The van der Waals surface area contributed by atoms with Crippen LogP contribution >= 0.6 is 0 Å². The summed E-state index contributed by atoms with van der Waals surface area (Å²) in [5, 5.41) is 2.67. The first-order chi connectivity index (χ1) is 12.0. The number of sulfonamides is 1. The fourth-order valence-electron chi connectivity index (χ4n) is 2.81. The molecule has 1 N–H and O–H groups in total. The number of piperidine rings is 1. The van der Waals surface area contributed by atoms with Gasteiger partial charge in [0.05, 0.1) is 17.4 Å². The molecule has 0 aromatic heterocycles. The van der Waals surface area contributed by atoms with Crippen LogP contribution in [0.5, 0.6) is 0 Å². The first-order valence-electron chi connectivity index (χ1n) is 8.89. The number of amides is 1. The van der Waals surface area contributed by atoms with Crippen molar-refractivity contribution in [3.8, 4) is 0 Å². The van der Waals surface area contributed by atoms with E-state index in [1.54, 1.807) is 45.0 Å². The first kappa shape index (κ1) is 20.6. The maximum Gasteiger partial charge on any atom is 0.243 e. The fourth-order valence-corrected chi connectivity index (χ4v) is 4.33. The molecule has 1 fully saturated rings. The Morgan fingerprint density at radius 2 is 1.81 bits per heavy atom. The lowest BCUT2D eigenvalue weighted by atomic mass is 9.90. The Bertz CT molecular complexity index is 764. The van der Waals surface area contributed by atoms with Crippen LogP contribution in [0.3, 0.4) is 0 Å². The molecule has 144 valence electrons. The number of carbonyl (C=O) groups is 2. The minimum absolute atomic E-state index is 0.0243. The number of Topliss-reactive ketones (excluding diaryl/α,β-unsaturated/α-hetero) is 1. The summed E-state index contributed by atoms with van der Waals surface area (Å²) in [5.74, 6) is -0.742. The highest BCUT2D eigenvalue weighted by Gasteiger charge is 2.33. The van der Waals surface area contributed by atoms with Crippen LogP contribution in [0.25, 0.3) is 0 Å². The highest BCUT2D eigenvalue weighted by atomic mass is 32.2. The summed E-state index contributed by atoms with van der Waals surface area (Å²) in [4.78, 5) is 24.6. The SMILES string of the molecule is Cc1ccc(S(=O)(=O)N2CCCC(C(=O)NCC(=O)C(C)(C)C)C2)cc1. The average molecular weight is 381 g/mol. The molecular weight excluding hydrogens is 352 g/mol. The van der Waals surface area contributed by atoms with Crippen molar-refractivity contribution in [2.45, 2.75) is 45.4 Å². The predicted molar refractivity (Wildman–Crippen MR) is 100 cm³/mol. The van der Waals surface area contributed by atoms with E-state index in [4.69, 9.17) is 0 Å². The number of benzene rings is 1. The Morgan fingerprint density at radius 1 is 1.19 bits per heavy atom. The summed E-state index contributed by atoms with van der Waals surface area (Å²) in [6.45, 7) is 7.83. The van der Waals surface area contributed by atoms with Gasteiger partial charge in [0.2, 0.25) is 15.9 Å². The Labute approximate surface area is 156 Å². The predicted octanol–water partition coefficient (Wildman–Crippen LogP) is 2.13. The van der Waals surface area contributed by atoms with Gasteiger partial charge in [-0.05, 0) is 31.9 Å². The minimum Gasteiger partial charge on any atom is -0.349 e. The smallest absolute Gasteiger partial charge is 0.243 e. The zero-order valence-corrected chi connectivity index (χ0v) is 16.7. The van der Waals surface area contributed by atoms with E-state index in [2.05, 4.69) is 5.32 Å². The monoisotopic (exact) mass is 380 g/mol. The Kier molecular flexibility index (Phi) is 6.24. The van der Waals surface area contributed by atoms with Crippen molar-refractivity contribution in [3.05, 3.63) is 29.8 Å². The summed E-state index contributed by atoms with van der Waals surface area (Å²) in [6, 6.07) is 6.71. The average Bonchev–Trinajstić information content (AvgIpc) is 2.59. The van der Waals surface area contributed by atoms with Gasteiger partial charge in [0.1, 0.15) is 0 Å². The van der Waals surface area contributed by atoms with Gasteiger partial charge < -0.3 is 5.32 Å². The lowest BCUT2D eigenvalue weighted by Crippen LogP contribution is -2.46. The van der Waals surface area contributed by atoms with E-state index in [-0.39, 0.29) is 29.7 Å². The van der Waals surface area contributed by atoms with Crippen LogP contribution in [0.15, 0.2) is 29.2 Å². The molecule has 1 aromatic carbocycles. The number of hydrogen-bond acceptors (Lipinski definition) is 4. The molecule has 1 atom stereocenters. The summed E-state index contributed by atoms with van der Waals surface area (Å²) in [6.07, 6.45) is 1.24. The van der Waals surface area contributed by atoms with E-state index in [0.29, 0.717) is 19.4 Å². The molecule has 1 heterocycles. The number of ketones is 1. The number of nitrogens with zero attached hydrogens (tertiary/aromatic N) is 1. The molecule has 7 heteroatoms. The number of aryl methyl sites for hydroxylation is 1. The van der Waals surface area contributed by atoms with Crippen LogP contribution < -0.4 is 5.32 Å². The molecular formula is C19H28N2O4S. The molecule has 0 saturated carbocycles. The summed E-state index contributed by atoms with van der Waals surface area (Å²) < 4.78 is 27.0. The fraction of sp³-hybridized carbons (Fsp3) is 0.579. The zero-order valence-electron chi connectivity index (χ0n) is 15.9. The van der Waals surface area contributed by atoms with E-state index < -0.39 is 21.4 Å². The van der Waals surface area contributed by atoms with E-state index in [1.807, 2.05) is 6.92 Å². The molecule has 2 rings (SSSR count). The largest absolute Gasteiger partial charge is 0.349 e. The van der Waals surface area contributed by atoms with Gasteiger partial charge in [-0.15, -0.1) is 0 Å². The molecule has 1 aromatic rings. The second-order valence-corrected chi connectivity index (χ2v) is 9.84. The molecule has 1 aliphatic rings. The van der Waals surface area contributed by atoms with Crippen molar-refractivity contribution in [3.63, 3.8) is 0 Å². The van der Waals surface area contributed by atoms with Gasteiger partial charge in [0, 0.05) is 18.5 Å². The van der Waals surface area contributed by atoms with Gasteiger partial charge in [0.15, 0.2) is 5.78 Å². The van der Waals surface area contributed by atoms with Gasteiger partial charge in [-0.3, -0.25) is 9.59 Å². The molecule has 1 amide bonds. The number of nitrogens with one attached hydrogen (secondary N) is 1. The second-order valence-electron chi connectivity index (χ2n) is 7.91. The molecule has 0 bridgehead atoms. The topological polar surface area (TPSA) is 83.6 Å². The van der Waals surface area contributed by atoms with E-state index in [1.165, 1.54) is 4.31 Å². The van der Waals surface area contributed by atoms with Crippen molar-refractivity contribution in [2.75, 3.05) is 19.6 Å². The standard InChI is InChI=1S/C19H28N2O4S/c1-14-7-9-16(10-8-14)26(24,25)21-11-5-6-15(13-21)18(23)20-12-17(22)19(2,3)4/h7-10,15H,5-6,11-13H2,1-4H3,(H,20,23). The van der Waals surface area contributed by atoms with Gasteiger partial charge >= 0.3 is 0 Å². The Hall–Kier alpha value is -1.73. The zero-order chi connectivity index (χ0) is 19.5. The second kappa shape index (κ2) is 7.88. The van der Waals surface area contributed by atoms with Gasteiger partial charge in [-0.1, -0.05) is 38.5 Å². The molecule has 1 aliphatic heterocycles. The van der Waals surface area contributed by atoms with Gasteiger partial charge in [-0.2, -0.15) is 4.31 Å². The minimum atomic E-state index is -3.61. The maximum atomic E-state index is 12.8. The molecule has 1 saturated heterocycles. The van der Waals surface area contributed by atoms with Crippen molar-refractivity contribution >= 4 is 21.7 Å². The molecule has 0 aliphatic carbocycles. The van der Waals surface area contributed by atoms with E-state index in [0.717, 1.165) is 5.56 Å². The molecule has 0 spiro atoms. The van der Waals surface area contributed by atoms with Crippen LogP contribution in [-0.4, -0.2) is 44.0 Å². The Balaban J connectivity index is 2.03. The third-order valence-corrected chi connectivity index (χ3v) is 6.55. The van der Waals surface area contributed by atoms with Crippen molar-refractivity contribution in [1.29, 1.82) is 0 Å². The van der Waals surface area contributed by atoms with Gasteiger partial charge in [-0.25, -0.2) is 8.42 Å². The normalized spacial score (nSPS) is 19.2. The molecule has 1 unspecified atom stereocenters. The summed E-state index contributed by atoms with van der Waals surface area (Å²) in [7, 11) is -3.61. The van der Waals surface area contributed by atoms with Crippen LogP contribution in [0.1, 0.15) is 39.2 Å². The Morgan fingerprint density at radius 3 is 2.38 bits per heavy atom. The van der Waals surface area contributed by atoms with E-state index >= 15 is 0 Å². The van der Waals surface area contributed by atoms with Crippen molar-refractivity contribution < 1.29 is 18.0 Å². The number of rotatable bonds is 5. The summed E-state index contributed by atoms with van der Waals surface area (Å²) in [5.41, 5.74) is 0.476. The highest BCUT2D eigenvalue weighted by molar-refractivity contribution is 7.89. The quantitative estimate of drug-likeness (QED) is 0.848. The molecule has 0 radical (unpaired) electrons. The lowest BCUT2D eigenvalue weighted by Gasteiger charge is -2.31. The first-order valence-corrected chi connectivity index (χ1v) is 10.3. The lowest BCUT2D eigenvalue weighted by molar-refractivity contribution is -0.131. The maximum absolute atomic E-state index is 12.8. The number of carbonyl (C=O) groups excluding carboxylic acids is 2. The van der Waals surface area contributed by atoms with Crippen LogP contribution in [0.4, 0.5) is 0 Å². The molecule has 26 heavy (non-hydrogen) atoms. The van der Waals surface area contributed by atoms with Crippen LogP contribution in [0.2, 0.25) is 0 Å². The number of hydrogen-bond donors (Lipinski definition) is 1. The van der Waals surface area contributed by atoms with Gasteiger partial charge in [0.25, 0.3) is 0 Å². The highest BCUT2D eigenvalue weighted by Crippen LogP contribution is 2.24. The van der Waals surface area contributed by atoms with Crippen molar-refractivity contribution in [2.24, 2.45) is 11.3 Å².